The molecule has 34 heavy (non-hydrogen) atoms. The first-order chi connectivity index (χ1) is 16.2. The van der Waals surface area contributed by atoms with Gasteiger partial charge in [-0.05, 0) is 49.8 Å². The monoisotopic (exact) mass is 479 g/mol. The van der Waals surface area contributed by atoms with Crippen LogP contribution in [0.2, 0.25) is 0 Å². The molecule has 180 valence electrons. The summed E-state index contributed by atoms with van der Waals surface area (Å²) in [5.41, 5.74) is 2.85. The van der Waals surface area contributed by atoms with E-state index in [1.165, 1.54) is 5.56 Å². The Labute approximate surface area is 205 Å². The van der Waals surface area contributed by atoms with Crippen molar-refractivity contribution in [1.82, 2.24) is 15.5 Å². The quantitative estimate of drug-likeness (QED) is 0.563. The molecule has 2 aromatic carbocycles. The van der Waals surface area contributed by atoms with Gasteiger partial charge in [-0.15, -0.1) is 11.8 Å². The van der Waals surface area contributed by atoms with Crippen molar-refractivity contribution in [2.24, 2.45) is 5.92 Å². The van der Waals surface area contributed by atoms with E-state index in [0.29, 0.717) is 12.1 Å². The van der Waals surface area contributed by atoms with Gasteiger partial charge in [0, 0.05) is 16.9 Å². The average molecular weight is 480 g/mol. The van der Waals surface area contributed by atoms with Crippen LogP contribution in [-0.4, -0.2) is 46.0 Å². The lowest BCUT2D eigenvalue weighted by molar-refractivity contribution is -0.132. The molecule has 0 bridgehead atoms. The van der Waals surface area contributed by atoms with E-state index in [4.69, 9.17) is 0 Å². The largest absolute Gasteiger partial charge is 0.354 e. The van der Waals surface area contributed by atoms with Crippen LogP contribution in [0.1, 0.15) is 61.0 Å². The summed E-state index contributed by atoms with van der Waals surface area (Å²) in [7, 11) is 0. The second kappa shape index (κ2) is 9.82. The zero-order chi connectivity index (χ0) is 24.5. The molecular formula is C27H33N3O3S. The third-order valence-corrected chi connectivity index (χ3v) is 8.11. The van der Waals surface area contributed by atoms with Crippen LogP contribution in [-0.2, 0) is 16.0 Å². The van der Waals surface area contributed by atoms with Crippen LogP contribution in [0.5, 0.6) is 0 Å². The second-order valence-electron chi connectivity index (χ2n) is 9.89. The van der Waals surface area contributed by atoms with Gasteiger partial charge in [0.25, 0.3) is 5.91 Å². The van der Waals surface area contributed by atoms with Gasteiger partial charge >= 0.3 is 0 Å². The first kappa shape index (κ1) is 24.3. The molecule has 2 aliphatic rings. The number of aryl methyl sites for hydroxylation is 1. The minimum absolute atomic E-state index is 0.0856. The highest BCUT2D eigenvalue weighted by Gasteiger charge is 2.57. The van der Waals surface area contributed by atoms with Gasteiger partial charge in [-0.1, -0.05) is 62.4 Å². The maximum Gasteiger partial charge on any atom is 0.256 e. The maximum absolute atomic E-state index is 13.5. The molecule has 2 heterocycles. The molecule has 0 spiro atoms. The summed E-state index contributed by atoms with van der Waals surface area (Å²) < 4.78 is -0.481. The summed E-state index contributed by atoms with van der Waals surface area (Å²) in [5.74, 6) is -0.672. The number of fused-ring (bicyclic) bond motifs is 3. The fourth-order valence-electron chi connectivity index (χ4n) is 4.83. The van der Waals surface area contributed by atoms with Crippen LogP contribution in [0, 0.1) is 5.92 Å². The number of hydrogen-bond acceptors (Lipinski definition) is 4. The summed E-state index contributed by atoms with van der Waals surface area (Å²) in [6.07, 6.45) is 1.70. The molecule has 6 nitrogen and oxygen atoms in total. The Hall–Kier alpha value is -2.80. The Bertz CT molecular complexity index is 1070. The fourth-order valence-corrected chi connectivity index (χ4v) is 6.42. The summed E-state index contributed by atoms with van der Waals surface area (Å²) in [6.45, 7) is 8.36. The molecule has 0 aromatic heterocycles. The predicted molar refractivity (Wildman–Crippen MR) is 135 cm³/mol. The first-order valence-electron chi connectivity index (χ1n) is 11.9. The van der Waals surface area contributed by atoms with Gasteiger partial charge in [-0.3, -0.25) is 14.4 Å². The van der Waals surface area contributed by atoms with E-state index < -0.39 is 16.8 Å². The van der Waals surface area contributed by atoms with Crippen molar-refractivity contribution in [3.05, 3.63) is 71.3 Å². The van der Waals surface area contributed by atoms with Gasteiger partial charge in [-0.2, -0.15) is 0 Å². The van der Waals surface area contributed by atoms with Crippen LogP contribution < -0.4 is 10.6 Å². The minimum atomic E-state index is -0.663. The Balaban J connectivity index is 1.41. The van der Waals surface area contributed by atoms with Gasteiger partial charge in [-0.25, -0.2) is 0 Å². The van der Waals surface area contributed by atoms with E-state index in [9.17, 15) is 14.4 Å². The standard InChI is InChI=1S/C27H33N3O3S/c1-17(2)21(23(31)28-16-10-13-18-11-6-5-7-12-18)29-24(32)22-27(3,4)34-26-20-15-9-8-14-19(20)25(33)30(22)26/h5-9,11-12,14-15,17,21-22,26H,10,13,16H2,1-4H3,(H,28,31)(H,29,32)/t21-,22-,26-/m0/s1. The number of nitrogens with one attached hydrogen (secondary N) is 2. The van der Waals surface area contributed by atoms with E-state index in [1.54, 1.807) is 16.7 Å². The molecule has 3 atom stereocenters. The van der Waals surface area contributed by atoms with Gasteiger partial charge in [0.2, 0.25) is 11.8 Å². The molecule has 2 aliphatic heterocycles. The molecule has 0 aliphatic carbocycles. The van der Waals surface area contributed by atoms with Crippen LogP contribution in [0.4, 0.5) is 0 Å². The zero-order valence-electron chi connectivity index (χ0n) is 20.2. The van der Waals surface area contributed by atoms with Gasteiger partial charge in [0.1, 0.15) is 17.5 Å². The topological polar surface area (TPSA) is 78.5 Å². The van der Waals surface area contributed by atoms with Crippen molar-refractivity contribution in [2.45, 2.75) is 62.7 Å². The average Bonchev–Trinajstić information content (AvgIpc) is 3.24. The van der Waals surface area contributed by atoms with Crippen LogP contribution in [0.15, 0.2) is 54.6 Å². The van der Waals surface area contributed by atoms with Crippen molar-refractivity contribution < 1.29 is 14.4 Å². The number of amides is 3. The van der Waals surface area contributed by atoms with Crippen LogP contribution in [0.3, 0.4) is 0 Å². The molecule has 2 N–H and O–H groups in total. The molecule has 2 aromatic rings. The molecule has 1 fully saturated rings. The number of nitrogens with zero attached hydrogens (tertiary/aromatic N) is 1. The van der Waals surface area contributed by atoms with Crippen molar-refractivity contribution in [1.29, 1.82) is 0 Å². The van der Waals surface area contributed by atoms with Crippen molar-refractivity contribution >= 4 is 29.5 Å². The molecule has 7 heteroatoms. The van der Waals surface area contributed by atoms with E-state index >= 15 is 0 Å². The van der Waals surface area contributed by atoms with Crippen LogP contribution >= 0.6 is 11.8 Å². The Morgan fingerprint density at radius 3 is 2.44 bits per heavy atom. The summed E-state index contributed by atoms with van der Waals surface area (Å²) in [5, 5.41) is 5.77. The molecule has 4 rings (SSSR count). The van der Waals surface area contributed by atoms with Gasteiger partial charge < -0.3 is 15.5 Å². The van der Waals surface area contributed by atoms with Crippen molar-refractivity contribution in [3.63, 3.8) is 0 Å². The SMILES string of the molecule is CC(C)[C@H](NC(=O)[C@@H]1N2C(=O)c3ccccc3[C@@H]2SC1(C)C)C(=O)NCCCc1ccccc1. The number of hydrogen-bond donors (Lipinski definition) is 2. The van der Waals surface area contributed by atoms with E-state index in [1.807, 2.05) is 70.2 Å². The van der Waals surface area contributed by atoms with E-state index in [0.717, 1.165) is 18.4 Å². The number of rotatable bonds is 8. The molecule has 3 amide bonds. The number of carbonyl (C=O) groups excluding carboxylic acids is 3. The smallest absolute Gasteiger partial charge is 0.256 e. The van der Waals surface area contributed by atoms with E-state index in [2.05, 4.69) is 22.8 Å². The fraction of sp³-hybridized carbons (Fsp3) is 0.444. The Kier molecular flexibility index (Phi) is 7.03. The van der Waals surface area contributed by atoms with Crippen molar-refractivity contribution in [3.8, 4) is 0 Å². The number of thioether (sulfide) groups is 1. The Morgan fingerprint density at radius 1 is 1.06 bits per heavy atom. The highest BCUT2D eigenvalue weighted by molar-refractivity contribution is 8.01. The van der Waals surface area contributed by atoms with Gasteiger partial charge in [0.05, 0.1) is 0 Å². The summed E-state index contributed by atoms with van der Waals surface area (Å²) >= 11 is 1.62. The predicted octanol–water partition coefficient (Wildman–Crippen LogP) is 3.92. The highest BCUT2D eigenvalue weighted by atomic mass is 32.2. The number of carbonyl (C=O) groups is 3. The summed E-state index contributed by atoms with van der Waals surface area (Å²) in [6, 6.07) is 16.4. The minimum Gasteiger partial charge on any atom is -0.354 e. The molecule has 1 saturated heterocycles. The zero-order valence-corrected chi connectivity index (χ0v) is 21.0. The lowest BCUT2D eigenvalue weighted by Gasteiger charge is -2.32. The lowest BCUT2D eigenvalue weighted by atomic mass is 9.98. The Morgan fingerprint density at radius 2 is 1.74 bits per heavy atom. The normalized spacial score (nSPS) is 21.2. The van der Waals surface area contributed by atoms with Crippen molar-refractivity contribution in [2.75, 3.05) is 6.54 Å². The first-order valence-corrected chi connectivity index (χ1v) is 12.8. The van der Waals surface area contributed by atoms with Crippen LogP contribution in [0.25, 0.3) is 0 Å². The second-order valence-corrected chi connectivity index (χ2v) is 11.6. The molecule has 0 saturated carbocycles. The molecule has 0 radical (unpaired) electrons. The third-order valence-electron chi connectivity index (χ3n) is 6.58. The third kappa shape index (κ3) is 4.71. The van der Waals surface area contributed by atoms with E-state index in [-0.39, 0.29) is 29.0 Å². The molecule has 0 unspecified atom stereocenters. The molecular weight excluding hydrogens is 446 g/mol. The number of benzene rings is 2. The highest BCUT2D eigenvalue weighted by Crippen LogP contribution is 2.56. The van der Waals surface area contributed by atoms with Gasteiger partial charge in [0.15, 0.2) is 0 Å². The maximum atomic E-state index is 13.5. The lowest BCUT2D eigenvalue weighted by Crippen LogP contribution is -2.58. The summed E-state index contributed by atoms with van der Waals surface area (Å²) in [4.78, 5) is 41.4.